The van der Waals surface area contributed by atoms with Gasteiger partial charge in [0.15, 0.2) is 0 Å². The lowest BCUT2D eigenvalue weighted by atomic mass is 9.65. The second-order valence-corrected chi connectivity index (χ2v) is 6.89. The fraction of sp³-hybridized carbons (Fsp3) is 0.625. The molecule has 3 nitrogen and oxygen atoms in total. The van der Waals surface area contributed by atoms with Crippen LogP contribution in [0.15, 0.2) is 24.3 Å². The summed E-state index contributed by atoms with van der Waals surface area (Å²) in [6.07, 6.45) is 1.40. The summed E-state index contributed by atoms with van der Waals surface area (Å²) in [5.74, 6) is 1.44. The van der Waals surface area contributed by atoms with Crippen LogP contribution in [-0.4, -0.2) is 25.3 Å². The second-order valence-electron chi connectivity index (χ2n) is 6.89. The van der Waals surface area contributed by atoms with Gasteiger partial charge in [-0.1, -0.05) is 18.2 Å². The molecule has 2 fully saturated rings. The molecule has 2 atom stereocenters. The first kappa shape index (κ1) is 11.7. The Morgan fingerprint density at radius 2 is 2.00 bits per heavy atom. The molecule has 4 rings (SSSR count). The molecule has 0 aromatic heterocycles. The number of nitrogens with one attached hydrogen (secondary N) is 1. The van der Waals surface area contributed by atoms with Gasteiger partial charge in [-0.3, -0.25) is 0 Å². The molecular weight excluding hydrogens is 238 g/mol. The Balaban J connectivity index is 1.73. The van der Waals surface area contributed by atoms with Gasteiger partial charge in [0.2, 0.25) is 0 Å². The standard InChI is InChI=1S/C16H21NO2/c1-15(2)12-7-16(8-17-9-16)10-18-14(12)11-5-3-4-6-13(11)19-15/h3-6,12,14,17H,7-10H2,1-2H3/t12-,14+/m0/s1. The number of fused-ring (bicyclic) bond motifs is 3. The first-order valence-corrected chi connectivity index (χ1v) is 7.20. The van der Waals surface area contributed by atoms with E-state index in [1.54, 1.807) is 0 Å². The number of hydrogen-bond donors (Lipinski definition) is 1. The number of para-hydroxylation sites is 1. The van der Waals surface area contributed by atoms with Crippen molar-refractivity contribution < 1.29 is 9.47 Å². The zero-order chi connectivity index (χ0) is 13.1. The molecule has 0 saturated carbocycles. The predicted octanol–water partition coefficient (Wildman–Crippen LogP) is 2.52. The summed E-state index contributed by atoms with van der Waals surface area (Å²) in [7, 11) is 0. The van der Waals surface area contributed by atoms with Gasteiger partial charge in [0, 0.05) is 30.0 Å². The molecule has 3 aliphatic heterocycles. The third-order valence-electron chi connectivity index (χ3n) is 5.08. The Kier molecular flexibility index (Phi) is 2.31. The smallest absolute Gasteiger partial charge is 0.125 e. The van der Waals surface area contributed by atoms with Crippen LogP contribution in [0.4, 0.5) is 0 Å². The van der Waals surface area contributed by atoms with Gasteiger partial charge in [-0.2, -0.15) is 0 Å². The Morgan fingerprint density at radius 3 is 2.74 bits per heavy atom. The minimum absolute atomic E-state index is 0.151. The van der Waals surface area contributed by atoms with E-state index in [2.05, 4.69) is 37.4 Å². The molecule has 3 heteroatoms. The minimum atomic E-state index is -0.151. The molecule has 1 N–H and O–H groups in total. The third-order valence-corrected chi connectivity index (χ3v) is 5.08. The lowest BCUT2D eigenvalue weighted by molar-refractivity contribution is -0.174. The summed E-state index contributed by atoms with van der Waals surface area (Å²) in [6, 6.07) is 8.33. The van der Waals surface area contributed by atoms with Crippen LogP contribution >= 0.6 is 0 Å². The van der Waals surface area contributed by atoms with Gasteiger partial charge < -0.3 is 14.8 Å². The number of benzene rings is 1. The third kappa shape index (κ3) is 1.65. The van der Waals surface area contributed by atoms with Crippen LogP contribution in [0.1, 0.15) is 31.9 Å². The molecule has 19 heavy (non-hydrogen) atoms. The Bertz CT molecular complexity index is 507. The summed E-state index contributed by atoms with van der Waals surface area (Å²) in [6.45, 7) is 7.47. The highest BCUT2D eigenvalue weighted by Gasteiger charge is 2.53. The van der Waals surface area contributed by atoms with Crippen LogP contribution in [0.3, 0.4) is 0 Å². The van der Waals surface area contributed by atoms with Crippen LogP contribution in [-0.2, 0) is 4.74 Å². The van der Waals surface area contributed by atoms with Crippen molar-refractivity contribution in [2.24, 2.45) is 11.3 Å². The van der Waals surface area contributed by atoms with Gasteiger partial charge in [0.1, 0.15) is 11.4 Å². The highest BCUT2D eigenvalue weighted by atomic mass is 16.5. The molecule has 2 saturated heterocycles. The van der Waals surface area contributed by atoms with Crippen molar-refractivity contribution >= 4 is 0 Å². The number of ether oxygens (including phenoxy) is 2. The Hall–Kier alpha value is -1.06. The van der Waals surface area contributed by atoms with E-state index in [1.165, 1.54) is 12.0 Å². The van der Waals surface area contributed by atoms with Crippen LogP contribution in [0.25, 0.3) is 0 Å². The summed E-state index contributed by atoms with van der Waals surface area (Å²) in [5, 5.41) is 3.39. The van der Waals surface area contributed by atoms with E-state index in [0.29, 0.717) is 11.3 Å². The summed E-state index contributed by atoms with van der Waals surface area (Å²) in [5.41, 5.74) is 1.43. The zero-order valence-corrected chi connectivity index (χ0v) is 11.6. The first-order chi connectivity index (χ1) is 9.10. The van der Waals surface area contributed by atoms with Crippen molar-refractivity contribution in [3.63, 3.8) is 0 Å². The lowest BCUT2D eigenvalue weighted by Crippen LogP contribution is -2.62. The molecule has 102 valence electrons. The van der Waals surface area contributed by atoms with E-state index in [9.17, 15) is 0 Å². The average molecular weight is 259 g/mol. The van der Waals surface area contributed by atoms with E-state index in [4.69, 9.17) is 9.47 Å². The van der Waals surface area contributed by atoms with Gasteiger partial charge in [-0.25, -0.2) is 0 Å². The number of hydrogen-bond acceptors (Lipinski definition) is 3. The maximum absolute atomic E-state index is 6.28. The van der Waals surface area contributed by atoms with Crippen molar-refractivity contribution in [3.8, 4) is 5.75 Å². The highest BCUT2D eigenvalue weighted by molar-refractivity contribution is 5.39. The van der Waals surface area contributed by atoms with Crippen LogP contribution in [0.5, 0.6) is 5.75 Å². The fourth-order valence-electron chi connectivity index (χ4n) is 3.82. The van der Waals surface area contributed by atoms with E-state index < -0.39 is 0 Å². The molecular formula is C16H21NO2. The van der Waals surface area contributed by atoms with Crippen molar-refractivity contribution in [3.05, 3.63) is 29.8 Å². The maximum Gasteiger partial charge on any atom is 0.125 e. The van der Waals surface area contributed by atoms with Crippen LogP contribution in [0, 0.1) is 11.3 Å². The Morgan fingerprint density at radius 1 is 1.21 bits per heavy atom. The van der Waals surface area contributed by atoms with E-state index >= 15 is 0 Å². The zero-order valence-electron chi connectivity index (χ0n) is 11.6. The second kappa shape index (κ2) is 3.74. The molecule has 0 amide bonds. The normalized spacial score (nSPS) is 33.8. The number of rotatable bonds is 0. The van der Waals surface area contributed by atoms with Gasteiger partial charge in [0.05, 0.1) is 12.7 Å². The van der Waals surface area contributed by atoms with Crippen molar-refractivity contribution in [2.75, 3.05) is 19.7 Å². The Labute approximate surface area is 114 Å². The summed E-state index contributed by atoms with van der Waals surface area (Å²) >= 11 is 0. The molecule has 0 unspecified atom stereocenters. The molecule has 1 aromatic carbocycles. The van der Waals surface area contributed by atoms with Gasteiger partial charge in [0.25, 0.3) is 0 Å². The average Bonchev–Trinajstić information content (AvgIpc) is 2.36. The predicted molar refractivity (Wildman–Crippen MR) is 73.3 cm³/mol. The fourth-order valence-corrected chi connectivity index (χ4v) is 3.82. The van der Waals surface area contributed by atoms with E-state index in [-0.39, 0.29) is 11.7 Å². The topological polar surface area (TPSA) is 30.5 Å². The van der Waals surface area contributed by atoms with Crippen LogP contribution < -0.4 is 10.1 Å². The molecule has 0 bridgehead atoms. The quantitative estimate of drug-likeness (QED) is 0.776. The minimum Gasteiger partial charge on any atom is -0.487 e. The lowest BCUT2D eigenvalue weighted by Gasteiger charge is -2.55. The molecule has 0 radical (unpaired) electrons. The van der Waals surface area contributed by atoms with Gasteiger partial charge in [-0.15, -0.1) is 0 Å². The molecule has 1 spiro atoms. The van der Waals surface area contributed by atoms with Gasteiger partial charge >= 0.3 is 0 Å². The summed E-state index contributed by atoms with van der Waals surface area (Å²) < 4.78 is 12.5. The largest absolute Gasteiger partial charge is 0.487 e. The van der Waals surface area contributed by atoms with Crippen molar-refractivity contribution in [2.45, 2.75) is 32.0 Å². The highest BCUT2D eigenvalue weighted by Crippen LogP contribution is 2.53. The van der Waals surface area contributed by atoms with Crippen molar-refractivity contribution in [1.29, 1.82) is 0 Å². The van der Waals surface area contributed by atoms with E-state index in [1.807, 2.05) is 6.07 Å². The molecule has 3 heterocycles. The first-order valence-electron chi connectivity index (χ1n) is 7.20. The maximum atomic E-state index is 6.28. The van der Waals surface area contributed by atoms with Gasteiger partial charge in [-0.05, 0) is 26.3 Å². The van der Waals surface area contributed by atoms with Crippen LogP contribution in [0.2, 0.25) is 0 Å². The monoisotopic (exact) mass is 259 g/mol. The molecule has 1 aromatic rings. The van der Waals surface area contributed by atoms with E-state index in [0.717, 1.165) is 25.4 Å². The SMILES string of the molecule is CC1(C)Oc2ccccc2[C@H]2OCC3(CNC3)C[C@@H]21. The summed E-state index contributed by atoms with van der Waals surface area (Å²) in [4.78, 5) is 0. The molecule has 3 aliphatic rings. The molecule has 0 aliphatic carbocycles. The van der Waals surface area contributed by atoms with Crippen molar-refractivity contribution in [1.82, 2.24) is 5.32 Å².